The van der Waals surface area contributed by atoms with E-state index in [0.29, 0.717) is 0 Å². The number of Topliss-reactive ketones (excluding diaryl/α,β-unsaturated/α-hetero) is 2. The largest absolute Gasteiger partial charge is 0.387 e. The van der Waals surface area contributed by atoms with Gasteiger partial charge in [0.15, 0.2) is 11.2 Å². The minimum atomic E-state index is -3.33. The van der Waals surface area contributed by atoms with E-state index in [9.17, 15) is 40.2 Å². The van der Waals surface area contributed by atoms with Crippen LogP contribution in [0.4, 0.5) is 0 Å². The van der Waals surface area contributed by atoms with E-state index in [4.69, 9.17) is 0 Å². The van der Waals surface area contributed by atoms with E-state index < -0.39 is 47.2 Å². The van der Waals surface area contributed by atoms with E-state index >= 15 is 0 Å². The first-order valence-corrected chi connectivity index (χ1v) is 8.54. The molecule has 0 aliphatic heterocycles. The minimum absolute atomic E-state index is 0.181. The third kappa shape index (κ3) is 2.70. The molecule has 8 heteroatoms. The van der Waals surface area contributed by atoms with Gasteiger partial charge in [0.1, 0.15) is 24.4 Å². The number of aliphatic hydroxyl groups is 6. The third-order valence-corrected chi connectivity index (χ3v) is 5.20. The molecule has 0 bridgehead atoms. The lowest BCUT2D eigenvalue weighted by atomic mass is 9.60. The van der Waals surface area contributed by atoms with Crippen LogP contribution in [-0.4, -0.2) is 77.8 Å². The maximum Gasteiger partial charge on any atom is 0.200 e. The number of rotatable bonds is 4. The molecule has 1 aliphatic carbocycles. The molecule has 0 radical (unpaired) electrons. The van der Waals surface area contributed by atoms with E-state index in [-0.39, 0.29) is 11.1 Å². The molecular weight excluding hydrogens is 368 g/mol. The fraction of sp³-hybridized carbons (Fsp3) is 0.300. The predicted octanol–water partition coefficient (Wildman–Crippen LogP) is -1.33. The second kappa shape index (κ2) is 7.17. The molecule has 2 aromatic rings. The molecule has 1 aliphatic rings. The van der Waals surface area contributed by atoms with E-state index in [1.54, 1.807) is 12.1 Å². The minimum Gasteiger partial charge on any atom is -0.387 e. The summed E-state index contributed by atoms with van der Waals surface area (Å²) in [5.74, 6) is -2.59. The summed E-state index contributed by atoms with van der Waals surface area (Å²) in [6.07, 6.45) is -9.32. The number of ketones is 2. The third-order valence-electron chi connectivity index (χ3n) is 5.20. The number of carbonyl (C=O) groups excluding carboxylic acids is 2. The van der Waals surface area contributed by atoms with Crippen molar-refractivity contribution < 1.29 is 40.2 Å². The van der Waals surface area contributed by atoms with Crippen LogP contribution in [0.15, 0.2) is 60.7 Å². The quantitative estimate of drug-likeness (QED) is 0.352. The molecule has 0 unspecified atom stereocenters. The SMILES string of the molecule is O=C(c1ccccc1)[C@@]1(O)[C@H](O)[C@@H](O)[C@H](O)[C@@H](O)[C@]1(O)C(=O)c1ccccc1. The Morgan fingerprint density at radius 2 is 0.893 bits per heavy atom. The summed E-state index contributed by atoms with van der Waals surface area (Å²) in [4.78, 5) is 26.1. The zero-order chi connectivity index (χ0) is 20.7. The topological polar surface area (TPSA) is 156 Å². The van der Waals surface area contributed by atoms with Gasteiger partial charge in [-0.05, 0) is 0 Å². The highest BCUT2D eigenvalue weighted by Gasteiger charge is 2.73. The van der Waals surface area contributed by atoms with E-state index in [0.717, 1.165) is 0 Å². The molecule has 1 fully saturated rings. The normalized spacial score (nSPS) is 35.4. The lowest BCUT2D eigenvalue weighted by Crippen LogP contribution is -2.82. The van der Waals surface area contributed by atoms with Gasteiger partial charge in [0.2, 0.25) is 11.6 Å². The van der Waals surface area contributed by atoms with Crippen LogP contribution in [0.3, 0.4) is 0 Å². The van der Waals surface area contributed by atoms with E-state index in [1.165, 1.54) is 48.5 Å². The Labute approximate surface area is 159 Å². The van der Waals surface area contributed by atoms with Crippen molar-refractivity contribution in [3.63, 3.8) is 0 Å². The van der Waals surface area contributed by atoms with Crippen molar-refractivity contribution >= 4 is 11.6 Å². The van der Waals surface area contributed by atoms with Crippen LogP contribution in [-0.2, 0) is 0 Å². The molecule has 0 spiro atoms. The van der Waals surface area contributed by atoms with Gasteiger partial charge in [-0.2, -0.15) is 0 Å². The molecule has 28 heavy (non-hydrogen) atoms. The molecule has 0 aromatic heterocycles. The molecule has 6 atom stereocenters. The van der Waals surface area contributed by atoms with E-state index in [2.05, 4.69) is 0 Å². The number of hydrogen-bond donors (Lipinski definition) is 6. The average Bonchev–Trinajstić information content (AvgIpc) is 2.75. The van der Waals surface area contributed by atoms with Crippen LogP contribution >= 0.6 is 0 Å². The Morgan fingerprint density at radius 3 is 1.18 bits per heavy atom. The first-order chi connectivity index (χ1) is 13.2. The molecule has 148 valence electrons. The summed E-state index contributed by atoms with van der Waals surface area (Å²) in [7, 11) is 0. The summed E-state index contributed by atoms with van der Waals surface area (Å²) in [5, 5.41) is 63.3. The summed E-state index contributed by atoms with van der Waals surface area (Å²) in [6, 6.07) is 14.0. The second-order valence-electron chi connectivity index (χ2n) is 6.79. The second-order valence-corrected chi connectivity index (χ2v) is 6.79. The standard InChI is InChI=1S/C20H20O8/c21-13-14(22)18(26)20(28,16(24)12-9-5-2-6-10-12)19(27,17(13)25)15(23)11-7-3-1-4-8-11/h1-10,13-14,17-18,21-22,25-28H/t13-,14-,17+,18+,19+,20+/m0/s1. The van der Waals surface area contributed by atoms with Crippen molar-refractivity contribution in [3.05, 3.63) is 71.8 Å². The summed E-state index contributed by atoms with van der Waals surface area (Å²) in [6.45, 7) is 0. The monoisotopic (exact) mass is 388 g/mol. The Balaban J connectivity index is 2.22. The van der Waals surface area contributed by atoms with Gasteiger partial charge >= 0.3 is 0 Å². The van der Waals surface area contributed by atoms with Crippen molar-refractivity contribution in [2.75, 3.05) is 0 Å². The fourth-order valence-electron chi connectivity index (χ4n) is 3.55. The zero-order valence-electron chi connectivity index (χ0n) is 14.6. The van der Waals surface area contributed by atoms with Gasteiger partial charge in [0.05, 0.1) is 0 Å². The highest BCUT2D eigenvalue weighted by molar-refractivity contribution is 6.13. The average molecular weight is 388 g/mol. The maximum atomic E-state index is 13.1. The number of benzene rings is 2. The van der Waals surface area contributed by atoms with Gasteiger partial charge in [0, 0.05) is 11.1 Å². The predicted molar refractivity (Wildman–Crippen MR) is 95.5 cm³/mol. The van der Waals surface area contributed by atoms with Crippen molar-refractivity contribution in [2.24, 2.45) is 0 Å². The molecule has 8 nitrogen and oxygen atoms in total. The molecule has 3 rings (SSSR count). The van der Waals surface area contributed by atoms with Crippen LogP contribution in [0.25, 0.3) is 0 Å². The van der Waals surface area contributed by atoms with Crippen LogP contribution in [0.2, 0.25) is 0 Å². The van der Waals surface area contributed by atoms with Crippen molar-refractivity contribution in [2.45, 2.75) is 35.6 Å². The summed E-state index contributed by atoms with van der Waals surface area (Å²) >= 11 is 0. The Morgan fingerprint density at radius 1 is 0.607 bits per heavy atom. The Hall–Kier alpha value is -2.46. The molecule has 0 saturated heterocycles. The van der Waals surface area contributed by atoms with Crippen molar-refractivity contribution in [1.82, 2.24) is 0 Å². The van der Waals surface area contributed by atoms with Crippen LogP contribution < -0.4 is 0 Å². The lowest BCUT2D eigenvalue weighted by molar-refractivity contribution is -0.274. The summed E-state index contributed by atoms with van der Waals surface area (Å²) in [5.41, 5.74) is -7.03. The van der Waals surface area contributed by atoms with Crippen LogP contribution in [0.1, 0.15) is 20.7 Å². The number of aliphatic hydroxyl groups excluding tert-OH is 4. The van der Waals surface area contributed by atoms with Crippen molar-refractivity contribution in [3.8, 4) is 0 Å². The van der Waals surface area contributed by atoms with Gasteiger partial charge in [-0.15, -0.1) is 0 Å². The first-order valence-electron chi connectivity index (χ1n) is 8.54. The summed E-state index contributed by atoms with van der Waals surface area (Å²) < 4.78 is 0. The smallest absolute Gasteiger partial charge is 0.200 e. The highest BCUT2D eigenvalue weighted by atomic mass is 16.4. The van der Waals surface area contributed by atoms with Gasteiger partial charge in [-0.1, -0.05) is 60.7 Å². The maximum absolute atomic E-state index is 13.1. The molecule has 0 heterocycles. The lowest BCUT2D eigenvalue weighted by Gasteiger charge is -2.53. The molecule has 6 N–H and O–H groups in total. The number of hydrogen-bond acceptors (Lipinski definition) is 8. The van der Waals surface area contributed by atoms with Crippen LogP contribution in [0, 0.1) is 0 Å². The van der Waals surface area contributed by atoms with Gasteiger partial charge in [-0.25, -0.2) is 0 Å². The molecular formula is C20H20O8. The highest BCUT2D eigenvalue weighted by Crippen LogP contribution is 2.42. The van der Waals surface area contributed by atoms with Gasteiger partial charge in [0.25, 0.3) is 0 Å². The molecule has 2 aromatic carbocycles. The Kier molecular flexibility index (Phi) is 5.20. The fourth-order valence-corrected chi connectivity index (χ4v) is 3.55. The van der Waals surface area contributed by atoms with Gasteiger partial charge < -0.3 is 30.6 Å². The first kappa shape index (κ1) is 20.3. The number of carbonyl (C=O) groups is 2. The Bertz CT molecular complexity index is 797. The van der Waals surface area contributed by atoms with Crippen LogP contribution in [0.5, 0.6) is 0 Å². The molecule has 1 saturated carbocycles. The van der Waals surface area contributed by atoms with Crippen molar-refractivity contribution in [1.29, 1.82) is 0 Å². The zero-order valence-corrected chi connectivity index (χ0v) is 14.6. The van der Waals surface area contributed by atoms with Gasteiger partial charge in [-0.3, -0.25) is 9.59 Å². The molecule has 0 amide bonds. The van der Waals surface area contributed by atoms with E-state index in [1.807, 2.05) is 0 Å².